The van der Waals surface area contributed by atoms with E-state index in [4.69, 9.17) is 18.0 Å². The molecule has 2 rings (SSSR count). The van der Waals surface area contributed by atoms with Crippen molar-refractivity contribution in [3.8, 4) is 0 Å². The third-order valence-corrected chi connectivity index (χ3v) is 3.34. The van der Waals surface area contributed by atoms with Crippen LogP contribution in [0.2, 0.25) is 0 Å². The van der Waals surface area contributed by atoms with Gasteiger partial charge in [0.1, 0.15) is 0 Å². The average molecular weight is 251 g/mol. The van der Waals surface area contributed by atoms with E-state index in [1.54, 1.807) is 11.3 Å². The number of fused-ring (bicyclic) bond motifs is 1. The summed E-state index contributed by atoms with van der Waals surface area (Å²) < 4.78 is 1.16. The summed E-state index contributed by atoms with van der Waals surface area (Å²) in [7, 11) is 0. The Morgan fingerprint density at radius 2 is 2.25 bits per heavy atom. The van der Waals surface area contributed by atoms with Crippen LogP contribution in [0.25, 0.3) is 10.2 Å². The van der Waals surface area contributed by atoms with Crippen LogP contribution in [0.5, 0.6) is 0 Å². The van der Waals surface area contributed by atoms with Crippen molar-refractivity contribution in [2.24, 2.45) is 5.73 Å². The number of hydrogen-bond donors (Lipinski definition) is 2. The van der Waals surface area contributed by atoms with Crippen LogP contribution in [-0.2, 0) is 0 Å². The second-order valence-electron chi connectivity index (χ2n) is 3.86. The number of thiocarbonyl (C=S) groups is 1. The zero-order valence-electron chi connectivity index (χ0n) is 9.15. The number of rotatable bonds is 2. The van der Waals surface area contributed by atoms with Crippen molar-refractivity contribution in [3.05, 3.63) is 23.8 Å². The van der Waals surface area contributed by atoms with Gasteiger partial charge in [0.05, 0.1) is 10.2 Å². The number of benzene rings is 1. The normalized spacial score (nSPS) is 10.9. The molecule has 0 aliphatic rings. The maximum absolute atomic E-state index is 5.43. The van der Waals surface area contributed by atoms with Gasteiger partial charge in [-0.25, -0.2) is 4.98 Å². The first-order valence-corrected chi connectivity index (χ1v) is 6.26. The molecular weight excluding hydrogens is 238 g/mol. The number of anilines is 1. The molecular formula is C11H13N3S2. The molecule has 0 aliphatic heterocycles. The van der Waals surface area contributed by atoms with Gasteiger partial charge in [-0.05, 0) is 29.8 Å². The van der Waals surface area contributed by atoms with Crippen LogP contribution in [0, 0.1) is 0 Å². The van der Waals surface area contributed by atoms with Gasteiger partial charge in [-0.1, -0.05) is 37.3 Å². The van der Waals surface area contributed by atoms with Crippen LogP contribution in [0.4, 0.5) is 5.13 Å². The third-order valence-electron chi connectivity index (χ3n) is 2.30. The van der Waals surface area contributed by atoms with Gasteiger partial charge in [0.2, 0.25) is 0 Å². The predicted octanol–water partition coefficient (Wildman–Crippen LogP) is 3.08. The number of nitrogens with one attached hydrogen (secondary N) is 1. The SMILES string of the molecule is CC(C)c1cccc2sc(NC(N)=S)nc12. The number of nitrogens with two attached hydrogens (primary N) is 1. The Hall–Kier alpha value is -1.20. The molecule has 0 bridgehead atoms. The number of nitrogens with zero attached hydrogens (tertiary/aromatic N) is 1. The zero-order chi connectivity index (χ0) is 11.7. The van der Waals surface area contributed by atoms with E-state index in [0.29, 0.717) is 5.92 Å². The fraction of sp³-hybridized carbons (Fsp3) is 0.273. The first kappa shape index (κ1) is 11.3. The molecule has 84 valence electrons. The first-order chi connectivity index (χ1) is 7.58. The molecule has 5 heteroatoms. The summed E-state index contributed by atoms with van der Waals surface area (Å²) in [6.45, 7) is 4.32. The van der Waals surface area contributed by atoms with Gasteiger partial charge in [-0.3, -0.25) is 0 Å². The van der Waals surface area contributed by atoms with E-state index in [9.17, 15) is 0 Å². The summed E-state index contributed by atoms with van der Waals surface area (Å²) >= 11 is 6.37. The first-order valence-electron chi connectivity index (χ1n) is 5.04. The summed E-state index contributed by atoms with van der Waals surface area (Å²) in [4.78, 5) is 4.51. The molecule has 0 aliphatic carbocycles. The Balaban J connectivity index is 2.52. The predicted molar refractivity (Wildman–Crippen MR) is 74.1 cm³/mol. The van der Waals surface area contributed by atoms with Crippen molar-refractivity contribution in [1.29, 1.82) is 0 Å². The van der Waals surface area contributed by atoms with Crippen molar-refractivity contribution in [3.63, 3.8) is 0 Å². The van der Waals surface area contributed by atoms with Crippen LogP contribution >= 0.6 is 23.6 Å². The largest absolute Gasteiger partial charge is 0.376 e. The summed E-state index contributed by atoms with van der Waals surface area (Å²) in [5, 5.41) is 3.89. The number of thiazole rings is 1. The summed E-state index contributed by atoms with van der Waals surface area (Å²) in [6.07, 6.45) is 0. The lowest BCUT2D eigenvalue weighted by molar-refractivity contribution is 0.874. The fourth-order valence-electron chi connectivity index (χ4n) is 1.59. The minimum absolute atomic E-state index is 0.255. The summed E-state index contributed by atoms with van der Waals surface area (Å²) in [5.41, 5.74) is 7.73. The number of aromatic nitrogens is 1. The zero-order valence-corrected chi connectivity index (χ0v) is 10.8. The minimum atomic E-state index is 0.255. The lowest BCUT2D eigenvalue weighted by atomic mass is 10.0. The minimum Gasteiger partial charge on any atom is -0.376 e. The lowest BCUT2D eigenvalue weighted by Crippen LogP contribution is -2.18. The van der Waals surface area contributed by atoms with Gasteiger partial charge >= 0.3 is 0 Å². The van der Waals surface area contributed by atoms with Crippen molar-refractivity contribution in [2.45, 2.75) is 19.8 Å². The number of hydrogen-bond acceptors (Lipinski definition) is 3. The second kappa shape index (κ2) is 4.35. The molecule has 1 aromatic carbocycles. The highest BCUT2D eigenvalue weighted by Crippen LogP contribution is 2.31. The van der Waals surface area contributed by atoms with E-state index >= 15 is 0 Å². The number of para-hydroxylation sites is 1. The van der Waals surface area contributed by atoms with E-state index < -0.39 is 0 Å². The Kier molecular flexibility index (Phi) is 3.07. The fourth-order valence-corrected chi connectivity index (χ4v) is 2.67. The van der Waals surface area contributed by atoms with E-state index in [1.807, 2.05) is 0 Å². The standard InChI is InChI=1S/C11H13N3S2/c1-6(2)7-4-3-5-8-9(7)13-11(16-8)14-10(12)15/h3-6H,1-2H3,(H3,12,13,14,15). The molecule has 0 spiro atoms. The monoisotopic (exact) mass is 251 g/mol. The smallest absolute Gasteiger partial charge is 0.190 e. The van der Waals surface area contributed by atoms with Crippen molar-refractivity contribution >= 4 is 44.0 Å². The van der Waals surface area contributed by atoms with Crippen LogP contribution in [0.1, 0.15) is 25.3 Å². The Morgan fingerprint density at radius 3 is 2.88 bits per heavy atom. The molecule has 1 heterocycles. The Bertz CT molecular complexity index is 531. The maximum Gasteiger partial charge on any atom is 0.190 e. The van der Waals surface area contributed by atoms with Crippen LogP contribution in [0.3, 0.4) is 0 Å². The molecule has 0 fully saturated rings. The van der Waals surface area contributed by atoms with Crippen LogP contribution < -0.4 is 11.1 Å². The quantitative estimate of drug-likeness (QED) is 0.805. The molecule has 0 radical (unpaired) electrons. The van der Waals surface area contributed by atoms with Gasteiger partial charge in [0, 0.05) is 0 Å². The molecule has 0 unspecified atom stereocenters. The molecule has 3 N–H and O–H groups in total. The average Bonchev–Trinajstić information content (AvgIpc) is 2.57. The van der Waals surface area contributed by atoms with Crippen molar-refractivity contribution in [1.82, 2.24) is 4.98 Å². The molecule has 0 amide bonds. The maximum atomic E-state index is 5.43. The highest BCUT2D eigenvalue weighted by molar-refractivity contribution is 7.80. The van der Waals surface area contributed by atoms with E-state index in [1.165, 1.54) is 5.56 Å². The lowest BCUT2D eigenvalue weighted by Gasteiger charge is -2.04. The highest BCUT2D eigenvalue weighted by atomic mass is 32.1. The van der Waals surface area contributed by atoms with Gasteiger partial charge < -0.3 is 11.1 Å². The van der Waals surface area contributed by atoms with E-state index in [0.717, 1.165) is 15.3 Å². The second-order valence-corrected chi connectivity index (χ2v) is 5.33. The van der Waals surface area contributed by atoms with Gasteiger partial charge in [-0.15, -0.1) is 0 Å². The molecule has 2 aromatic rings. The third kappa shape index (κ3) is 2.15. The highest BCUT2D eigenvalue weighted by Gasteiger charge is 2.10. The van der Waals surface area contributed by atoms with E-state index in [-0.39, 0.29) is 5.11 Å². The molecule has 16 heavy (non-hydrogen) atoms. The Labute approximate surface area is 104 Å². The molecule has 1 aromatic heterocycles. The van der Waals surface area contributed by atoms with Crippen LogP contribution in [0.15, 0.2) is 18.2 Å². The van der Waals surface area contributed by atoms with Crippen molar-refractivity contribution < 1.29 is 0 Å². The van der Waals surface area contributed by atoms with Crippen LogP contribution in [-0.4, -0.2) is 10.1 Å². The van der Waals surface area contributed by atoms with E-state index in [2.05, 4.69) is 42.3 Å². The summed E-state index contributed by atoms with van der Waals surface area (Å²) in [6, 6.07) is 6.22. The molecule has 0 atom stereocenters. The molecule has 0 saturated heterocycles. The van der Waals surface area contributed by atoms with Crippen molar-refractivity contribution in [2.75, 3.05) is 5.32 Å². The summed E-state index contributed by atoms with van der Waals surface area (Å²) in [5.74, 6) is 0.462. The van der Waals surface area contributed by atoms with Gasteiger partial charge in [-0.2, -0.15) is 0 Å². The topological polar surface area (TPSA) is 50.9 Å². The van der Waals surface area contributed by atoms with Gasteiger partial charge in [0.25, 0.3) is 0 Å². The molecule has 3 nitrogen and oxygen atoms in total. The molecule has 0 saturated carbocycles. The van der Waals surface area contributed by atoms with Gasteiger partial charge in [0.15, 0.2) is 10.2 Å². The Morgan fingerprint density at radius 1 is 1.50 bits per heavy atom.